The maximum Gasteiger partial charge on any atom is 0.254 e. The molecule has 1 N–H and O–H groups in total. The summed E-state index contributed by atoms with van der Waals surface area (Å²) in [5.41, 5.74) is 2.45. The second-order valence-electron chi connectivity index (χ2n) is 4.71. The second-order valence-corrected chi connectivity index (χ2v) is 4.71. The first-order valence-corrected chi connectivity index (χ1v) is 6.71. The Hall–Kier alpha value is -2.49. The van der Waals surface area contributed by atoms with Crippen LogP contribution in [-0.2, 0) is 6.42 Å². The van der Waals surface area contributed by atoms with Gasteiger partial charge in [-0.3, -0.25) is 9.78 Å². The van der Waals surface area contributed by atoms with Gasteiger partial charge in [-0.2, -0.15) is 0 Å². The van der Waals surface area contributed by atoms with E-state index in [1.54, 1.807) is 6.20 Å². The van der Waals surface area contributed by atoms with Crippen LogP contribution in [0, 0.1) is 0 Å². The summed E-state index contributed by atoms with van der Waals surface area (Å²) in [5, 5.41) is 2.12. The van der Waals surface area contributed by atoms with Gasteiger partial charge in [-0.05, 0) is 17.9 Å². The molecular formula is C16H15N3O. The highest BCUT2D eigenvalue weighted by Crippen LogP contribution is 2.28. The Bertz CT molecular complexity index is 803. The predicted octanol–water partition coefficient (Wildman–Crippen LogP) is 2.94. The fraction of sp³-hybridized carbons (Fsp3) is 0.188. The number of aromatic nitrogens is 3. The Balaban J connectivity index is 2.31. The van der Waals surface area contributed by atoms with Gasteiger partial charge in [0.25, 0.3) is 5.56 Å². The number of hydrogen-bond acceptors (Lipinski definition) is 3. The number of fused-ring (bicyclic) bond motifs is 1. The average molecular weight is 265 g/mol. The summed E-state index contributed by atoms with van der Waals surface area (Å²) in [5.74, 6) is 0. The van der Waals surface area contributed by atoms with Gasteiger partial charge >= 0.3 is 0 Å². The molecule has 0 aliphatic heterocycles. The van der Waals surface area contributed by atoms with Gasteiger partial charge < -0.3 is 4.98 Å². The highest BCUT2D eigenvalue weighted by molar-refractivity contribution is 5.95. The van der Waals surface area contributed by atoms with E-state index in [1.165, 1.54) is 6.33 Å². The number of nitrogens with zero attached hydrogens (tertiary/aromatic N) is 2. The molecule has 20 heavy (non-hydrogen) atoms. The summed E-state index contributed by atoms with van der Waals surface area (Å²) in [6.07, 6.45) is 6.69. The lowest BCUT2D eigenvalue weighted by molar-refractivity contribution is 0.888. The summed E-state index contributed by atoms with van der Waals surface area (Å²) in [6, 6.07) is 7.95. The number of aromatic amines is 1. The molecule has 0 saturated heterocycles. The quantitative estimate of drug-likeness (QED) is 0.792. The maximum absolute atomic E-state index is 12.0. The minimum atomic E-state index is -0.0529. The van der Waals surface area contributed by atoms with Crippen LogP contribution in [0.25, 0.3) is 22.0 Å². The summed E-state index contributed by atoms with van der Waals surface area (Å²) < 4.78 is 0. The van der Waals surface area contributed by atoms with Gasteiger partial charge in [0.15, 0.2) is 0 Å². The molecule has 2 aromatic heterocycles. The van der Waals surface area contributed by atoms with Crippen LogP contribution in [-0.4, -0.2) is 15.0 Å². The summed E-state index contributed by atoms with van der Waals surface area (Å²) >= 11 is 0. The van der Waals surface area contributed by atoms with Crippen LogP contribution in [0.3, 0.4) is 0 Å². The third kappa shape index (κ3) is 2.09. The van der Waals surface area contributed by atoms with E-state index in [0.29, 0.717) is 0 Å². The molecule has 0 bridgehead atoms. The molecule has 3 rings (SSSR count). The first-order chi connectivity index (χ1) is 9.81. The zero-order valence-corrected chi connectivity index (χ0v) is 11.3. The number of rotatable bonds is 3. The molecule has 0 radical (unpaired) electrons. The zero-order chi connectivity index (χ0) is 13.9. The summed E-state index contributed by atoms with van der Waals surface area (Å²) in [7, 11) is 0. The summed E-state index contributed by atoms with van der Waals surface area (Å²) in [6.45, 7) is 2.06. The number of pyridine rings is 1. The fourth-order valence-corrected chi connectivity index (χ4v) is 2.47. The van der Waals surface area contributed by atoms with E-state index in [2.05, 4.69) is 21.9 Å². The van der Waals surface area contributed by atoms with Crippen LogP contribution in [0.4, 0.5) is 0 Å². The molecule has 0 amide bonds. The lowest BCUT2D eigenvalue weighted by atomic mass is 9.99. The van der Waals surface area contributed by atoms with E-state index < -0.39 is 0 Å². The number of hydrogen-bond donors (Lipinski definition) is 1. The summed E-state index contributed by atoms with van der Waals surface area (Å²) in [4.78, 5) is 23.2. The molecule has 0 saturated carbocycles. The van der Waals surface area contributed by atoms with Gasteiger partial charge in [0.1, 0.15) is 0 Å². The van der Waals surface area contributed by atoms with Gasteiger partial charge in [0.05, 0.1) is 12.0 Å². The lowest BCUT2D eigenvalue weighted by Gasteiger charge is -2.09. The molecule has 3 aromatic rings. The topological polar surface area (TPSA) is 58.6 Å². The number of nitrogens with one attached hydrogen (secondary N) is 1. The number of H-pyrrole nitrogens is 1. The van der Waals surface area contributed by atoms with Crippen molar-refractivity contribution in [3.63, 3.8) is 0 Å². The second kappa shape index (κ2) is 5.25. The van der Waals surface area contributed by atoms with Crippen molar-refractivity contribution in [3.8, 4) is 11.3 Å². The standard InChI is InChI=1S/C16H15N3O/c1-2-4-14-15(18-10-19-16(14)20)13-6-3-5-11-9-17-8-7-12(11)13/h3,5-10H,2,4H2,1H3,(H,18,19,20). The normalized spacial score (nSPS) is 10.8. The van der Waals surface area contributed by atoms with Crippen molar-refractivity contribution < 1.29 is 0 Å². The molecule has 2 heterocycles. The van der Waals surface area contributed by atoms with Crippen LogP contribution in [0.1, 0.15) is 18.9 Å². The van der Waals surface area contributed by atoms with E-state index in [9.17, 15) is 4.79 Å². The molecule has 4 heteroatoms. The van der Waals surface area contributed by atoms with Crippen LogP contribution in [0.2, 0.25) is 0 Å². The molecule has 0 aliphatic carbocycles. The van der Waals surface area contributed by atoms with Crippen molar-refractivity contribution in [1.82, 2.24) is 15.0 Å². The average Bonchev–Trinajstić information content (AvgIpc) is 2.49. The third-order valence-corrected chi connectivity index (χ3v) is 3.39. The third-order valence-electron chi connectivity index (χ3n) is 3.39. The minimum Gasteiger partial charge on any atom is -0.313 e. The minimum absolute atomic E-state index is 0.0529. The monoisotopic (exact) mass is 265 g/mol. The smallest absolute Gasteiger partial charge is 0.254 e. The van der Waals surface area contributed by atoms with E-state index in [1.807, 2.05) is 30.5 Å². The first kappa shape index (κ1) is 12.5. The van der Waals surface area contributed by atoms with Crippen molar-refractivity contribution >= 4 is 10.8 Å². The van der Waals surface area contributed by atoms with Gasteiger partial charge in [0, 0.05) is 28.9 Å². The molecule has 0 atom stereocenters. The van der Waals surface area contributed by atoms with Crippen LogP contribution < -0.4 is 5.56 Å². The largest absolute Gasteiger partial charge is 0.313 e. The zero-order valence-electron chi connectivity index (χ0n) is 11.3. The van der Waals surface area contributed by atoms with Crippen LogP contribution in [0.15, 0.2) is 47.8 Å². The Labute approximate surface area is 116 Å². The Kier molecular flexibility index (Phi) is 3.29. The van der Waals surface area contributed by atoms with Crippen molar-refractivity contribution in [1.29, 1.82) is 0 Å². The van der Waals surface area contributed by atoms with E-state index in [-0.39, 0.29) is 5.56 Å². The van der Waals surface area contributed by atoms with Crippen molar-refractivity contribution in [2.45, 2.75) is 19.8 Å². The van der Waals surface area contributed by atoms with Gasteiger partial charge in [-0.15, -0.1) is 0 Å². The molecule has 0 spiro atoms. The van der Waals surface area contributed by atoms with Crippen LogP contribution in [0.5, 0.6) is 0 Å². The highest BCUT2D eigenvalue weighted by Gasteiger charge is 2.12. The maximum atomic E-state index is 12.0. The Morgan fingerprint density at radius 2 is 2.15 bits per heavy atom. The van der Waals surface area contributed by atoms with Crippen molar-refractivity contribution in [2.75, 3.05) is 0 Å². The molecule has 0 fully saturated rings. The molecule has 0 aliphatic rings. The van der Waals surface area contributed by atoms with Crippen molar-refractivity contribution in [2.24, 2.45) is 0 Å². The van der Waals surface area contributed by atoms with Gasteiger partial charge in [-0.1, -0.05) is 31.5 Å². The highest BCUT2D eigenvalue weighted by atomic mass is 16.1. The lowest BCUT2D eigenvalue weighted by Crippen LogP contribution is -2.14. The van der Waals surface area contributed by atoms with E-state index >= 15 is 0 Å². The predicted molar refractivity (Wildman–Crippen MR) is 79.6 cm³/mol. The van der Waals surface area contributed by atoms with Crippen LogP contribution >= 0.6 is 0 Å². The van der Waals surface area contributed by atoms with Crippen molar-refractivity contribution in [3.05, 3.63) is 58.9 Å². The first-order valence-electron chi connectivity index (χ1n) is 6.71. The Morgan fingerprint density at radius 1 is 1.25 bits per heavy atom. The van der Waals surface area contributed by atoms with E-state index in [0.717, 1.165) is 40.4 Å². The van der Waals surface area contributed by atoms with Gasteiger partial charge in [-0.25, -0.2) is 4.98 Å². The molecule has 100 valence electrons. The SMILES string of the molecule is CCCc1c(-c2cccc3cnccc23)nc[nH]c1=O. The Morgan fingerprint density at radius 3 is 3.00 bits per heavy atom. The molecule has 1 aromatic carbocycles. The molecule has 4 nitrogen and oxygen atoms in total. The van der Waals surface area contributed by atoms with Gasteiger partial charge in [0.2, 0.25) is 0 Å². The molecule has 0 unspecified atom stereocenters. The van der Waals surface area contributed by atoms with E-state index in [4.69, 9.17) is 0 Å². The number of benzene rings is 1. The molecular weight excluding hydrogens is 250 g/mol. The fourth-order valence-electron chi connectivity index (χ4n) is 2.47.